The summed E-state index contributed by atoms with van der Waals surface area (Å²) in [6.45, 7) is 2.31. The number of esters is 1. The van der Waals surface area contributed by atoms with Crippen molar-refractivity contribution in [1.29, 1.82) is 0 Å². The van der Waals surface area contributed by atoms with Gasteiger partial charge < -0.3 is 14.2 Å². The smallest absolute Gasteiger partial charge is 0.439 e. The third-order valence-electron chi connectivity index (χ3n) is 5.78. The third-order valence-corrected chi connectivity index (χ3v) is 5.78. The summed E-state index contributed by atoms with van der Waals surface area (Å²) in [5, 5.41) is 3.81. The van der Waals surface area contributed by atoms with Crippen molar-refractivity contribution in [3.63, 3.8) is 0 Å². The quantitative estimate of drug-likeness (QED) is 0.128. The van der Waals surface area contributed by atoms with Gasteiger partial charge in [-0.25, -0.2) is 9.59 Å². The molecule has 0 radical (unpaired) electrons. The van der Waals surface area contributed by atoms with E-state index >= 15 is 0 Å². The molecule has 38 heavy (non-hydrogen) atoms. The fourth-order valence-electron chi connectivity index (χ4n) is 4.17. The van der Waals surface area contributed by atoms with Gasteiger partial charge in [0.2, 0.25) is 6.79 Å². The summed E-state index contributed by atoms with van der Waals surface area (Å²) in [7, 11) is 0. The number of rotatable bonds is 10. The van der Waals surface area contributed by atoms with Gasteiger partial charge in [-0.05, 0) is 35.7 Å². The van der Waals surface area contributed by atoms with Gasteiger partial charge in [-0.3, -0.25) is 18.9 Å². The molecule has 11 heteroatoms. The lowest BCUT2D eigenvalue weighted by molar-refractivity contribution is -0.136. The Hall–Kier alpha value is -5.19. The van der Waals surface area contributed by atoms with E-state index in [1.807, 2.05) is 55.5 Å². The van der Waals surface area contributed by atoms with Crippen LogP contribution in [-0.2, 0) is 20.8 Å². The van der Waals surface area contributed by atoms with Crippen molar-refractivity contribution >= 4 is 23.5 Å². The van der Waals surface area contributed by atoms with E-state index in [0.717, 1.165) is 22.3 Å². The van der Waals surface area contributed by atoms with Crippen molar-refractivity contribution in [1.82, 2.24) is 19.7 Å². The number of benzene rings is 3. The van der Waals surface area contributed by atoms with Gasteiger partial charge in [0.25, 0.3) is 12.5 Å². The normalized spacial score (nSPS) is 10.9. The zero-order chi connectivity index (χ0) is 26.5. The summed E-state index contributed by atoms with van der Waals surface area (Å²) < 4.78 is 21.8. The standard InChI is InChI=1S/C27H22N4O7/c1-2-36-26-28-22-9-5-8-21(25(33)37-16-35-15-32)23(22)31(26)14-17-10-12-18(13-11-17)19-6-3-4-7-20(19)24-29-27(34)38-30-24/h3-13,15H,2,14,16H2,1H3,(H,29,30,34). The fraction of sp³-hybridized carbons (Fsp3) is 0.148. The largest absolute Gasteiger partial charge is 0.465 e. The highest BCUT2D eigenvalue weighted by molar-refractivity contribution is 6.02. The van der Waals surface area contributed by atoms with Crippen LogP contribution in [0.5, 0.6) is 6.01 Å². The molecule has 0 unspecified atom stereocenters. The molecule has 0 aliphatic heterocycles. The van der Waals surface area contributed by atoms with E-state index in [0.29, 0.717) is 36.0 Å². The average molecular weight is 514 g/mol. The number of ether oxygens (including phenoxy) is 3. The van der Waals surface area contributed by atoms with Crippen LogP contribution in [0, 0.1) is 0 Å². The molecule has 0 amide bonds. The van der Waals surface area contributed by atoms with Crippen LogP contribution in [0.3, 0.4) is 0 Å². The van der Waals surface area contributed by atoms with Crippen molar-refractivity contribution in [3.05, 3.63) is 88.4 Å². The maximum absolute atomic E-state index is 12.7. The Kier molecular flexibility index (Phi) is 6.98. The maximum Gasteiger partial charge on any atom is 0.439 e. The number of aromatic nitrogens is 4. The number of carbonyl (C=O) groups excluding carboxylic acids is 2. The summed E-state index contributed by atoms with van der Waals surface area (Å²) in [5.74, 6) is -0.930. The Balaban J connectivity index is 1.49. The van der Waals surface area contributed by atoms with Crippen molar-refractivity contribution in [3.8, 4) is 28.5 Å². The van der Waals surface area contributed by atoms with E-state index in [2.05, 4.69) is 24.4 Å². The zero-order valence-electron chi connectivity index (χ0n) is 20.2. The van der Waals surface area contributed by atoms with Crippen LogP contribution in [-0.4, -0.2) is 45.5 Å². The Morgan fingerprint density at radius 3 is 2.55 bits per heavy atom. The summed E-state index contributed by atoms with van der Waals surface area (Å²) in [6.07, 6.45) is 0. The fourth-order valence-corrected chi connectivity index (χ4v) is 4.17. The van der Waals surface area contributed by atoms with Crippen LogP contribution in [0.2, 0.25) is 0 Å². The Labute approximate surface area is 215 Å². The first-order valence-electron chi connectivity index (χ1n) is 11.7. The molecule has 0 atom stereocenters. The molecule has 2 aromatic heterocycles. The number of imidazole rings is 1. The van der Waals surface area contributed by atoms with E-state index in [-0.39, 0.29) is 12.0 Å². The van der Waals surface area contributed by atoms with E-state index in [1.165, 1.54) is 0 Å². The molecule has 3 aromatic carbocycles. The van der Waals surface area contributed by atoms with Gasteiger partial charge in [-0.1, -0.05) is 59.8 Å². The molecule has 5 aromatic rings. The van der Waals surface area contributed by atoms with Crippen LogP contribution in [0.25, 0.3) is 33.5 Å². The van der Waals surface area contributed by atoms with Crippen molar-refractivity contribution in [2.75, 3.05) is 13.4 Å². The number of aromatic amines is 1. The molecule has 0 saturated carbocycles. The Morgan fingerprint density at radius 2 is 1.84 bits per heavy atom. The minimum atomic E-state index is -0.653. The van der Waals surface area contributed by atoms with Gasteiger partial charge in [0.1, 0.15) is 0 Å². The van der Waals surface area contributed by atoms with Gasteiger partial charge in [0.05, 0.1) is 29.7 Å². The Bertz CT molecular complexity index is 1650. The average Bonchev–Trinajstić information content (AvgIpc) is 3.52. The minimum absolute atomic E-state index is 0.207. The molecule has 0 fully saturated rings. The number of nitrogens with one attached hydrogen (secondary N) is 1. The van der Waals surface area contributed by atoms with Crippen LogP contribution in [0.4, 0.5) is 0 Å². The van der Waals surface area contributed by atoms with Gasteiger partial charge in [0, 0.05) is 5.56 Å². The van der Waals surface area contributed by atoms with Crippen LogP contribution < -0.4 is 10.5 Å². The summed E-state index contributed by atoms with van der Waals surface area (Å²) in [5.41, 5.74) is 4.80. The number of fused-ring (bicyclic) bond motifs is 1. The lowest BCUT2D eigenvalue weighted by Gasteiger charge is -2.12. The van der Waals surface area contributed by atoms with E-state index in [4.69, 9.17) is 9.47 Å². The van der Waals surface area contributed by atoms with Crippen molar-refractivity contribution in [2.24, 2.45) is 0 Å². The molecule has 0 aliphatic rings. The molecule has 0 spiro atoms. The molecule has 2 heterocycles. The maximum atomic E-state index is 12.7. The summed E-state index contributed by atoms with van der Waals surface area (Å²) in [4.78, 5) is 41.7. The highest BCUT2D eigenvalue weighted by Gasteiger charge is 2.20. The number of para-hydroxylation sites is 1. The minimum Gasteiger partial charge on any atom is -0.465 e. The molecule has 192 valence electrons. The first kappa shape index (κ1) is 24.5. The highest BCUT2D eigenvalue weighted by atomic mass is 16.7. The number of hydrogen-bond acceptors (Lipinski definition) is 9. The Morgan fingerprint density at radius 1 is 1.05 bits per heavy atom. The van der Waals surface area contributed by atoms with E-state index in [1.54, 1.807) is 22.8 Å². The van der Waals surface area contributed by atoms with Gasteiger partial charge in [0.15, 0.2) is 5.82 Å². The molecular weight excluding hydrogens is 492 g/mol. The second-order valence-corrected chi connectivity index (χ2v) is 8.09. The van der Waals surface area contributed by atoms with Gasteiger partial charge >= 0.3 is 11.7 Å². The predicted octanol–water partition coefficient (Wildman–Crippen LogP) is 3.78. The van der Waals surface area contributed by atoms with E-state index in [9.17, 15) is 14.4 Å². The van der Waals surface area contributed by atoms with Crippen LogP contribution in [0.1, 0.15) is 22.8 Å². The van der Waals surface area contributed by atoms with Gasteiger partial charge in [-0.15, -0.1) is 0 Å². The lowest BCUT2D eigenvalue weighted by atomic mass is 9.98. The number of nitrogens with zero attached hydrogens (tertiary/aromatic N) is 3. The zero-order valence-corrected chi connectivity index (χ0v) is 20.2. The number of carbonyl (C=O) groups is 2. The SMILES string of the molecule is CCOc1nc2cccc(C(=O)OCOC=O)c2n1Cc1ccc(-c2ccccc2-c2noc(=O)[nH]2)cc1. The van der Waals surface area contributed by atoms with Crippen molar-refractivity contribution in [2.45, 2.75) is 13.5 Å². The number of H-pyrrole nitrogens is 1. The lowest BCUT2D eigenvalue weighted by Crippen LogP contribution is -2.11. The molecule has 5 rings (SSSR count). The second kappa shape index (κ2) is 10.8. The molecule has 0 bridgehead atoms. The second-order valence-electron chi connectivity index (χ2n) is 8.09. The number of hydrogen-bond donors (Lipinski definition) is 1. The monoisotopic (exact) mass is 514 g/mol. The van der Waals surface area contributed by atoms with E-state index < -0.39 is 18.5 Å². The summed E-state index contributed by atoms with van der Waals surface area (Å²) in [6, 6.07) is 20.8. The van der Waals surface area contributed by atoms with Crippen molar-refractivity contribution < 1.29 is 28.3 Å². The first-order valence-corrected chi connectivity index (χ1v) is 11.7. The highest BCUT2D eigenvalue weighted by Crippen LogP contribution is 2.31. The molecule has 11 nitrogen and oxygen atoms in total. The van der Waals surface area contributed by atoms with Gasteiger partial charge in [-0.2, -0.15) is 4.98 Å². The topological polar surface area (TPSA) is 139 Å². The predicted molar refractivity (Wildman–Crippen MR) is 135 cm³/mol. The molecule has 0 saturated heterocycles. The first-order chi connectivity index (χ1) is 18.6. The third kappa shape index (κ3) is 4.89. The molecular formula is C27H22N4O7. The molecule has 1 N–H and O–H groups in total. The molecule has 0 aliphatic carbocycles. The van der Waals surface area contributed by atoms with Crippen LogP contribution >= 0.6 is 0 Å². The van der Waals surface area contributed by atoms with Crippen LogP contribution in [0.15, 0.2) is 76.0 Å². The summed E-state index contributed by atoms with van der Waals surface area (Å²) >= 11 is 0.